The molecular weight excluding hydrogens is 156 g/mol. The highest BCUT2D eigenvalue weighted by Crippen LogP contribution is 2.15. The van der Waals surface area contributed by atoms with E-state index >= 15 is 0 Å². The van der Waals surface area contributed by atoms with Gasteiger partial charge in [0, 0.05) is 24.4 Å². The Hall–Kier alpha value is -1.58. The molecule has 0 aromatic heterocycles. The Labute approximate surface area is 70.4 Å². The number of hydrogen-bond acceptors (Lipinski definition) is 3. The molecule has 0 unspecified atom stereocenters. The number of nitrogens with one attached hydrogen (secondary N) is 1. The van der Waals surface area contributed by atoms with Gasteiger partial charge >= 0.3 is 0 Å². The molecule has 4 heteroatoms. The van der Waals surface area contributed by atoms with Crippen molar-refractivity contribution in [3.8, 4) is 0 Å². The van der Waals surface area contributed by atoms with Crippen LogP contribution in [0.5, 0.6) is 0 Å². The molecule has 0 saturated heterocycles. The summed E-state index contributed by atoms with van der Waals surface area (Å²) in [5.41, 5.74) is 0.958. The molecule has 0 fully saturated rings. The molecule has 1 radical (unpaired) electrons. The van der Waals surface area contributed by atoms with Crippen molar-refractivity contribution in [3.05, 3.63) is 40.9 Å². The fraction of sp³-hybridized carbons (Fsp3) is 0.125. The van der Waals surface area contributed by atoms with Crippen LogP contribution in [0.15, 0.2) is 24.3 Å². The number of anilines is 1. The lowest BCUT2D eigenvalue weighted by molar-refractivity contribution is -0.384. The second-order valence-electron chi connectivity index (χ2n) is 2.24. The third-order valence-corrected chi connectivity index (χ3v) is 1.39. The number of nitro benzene ring substituents is 1. The Bertz CT molecular complexity index is 269. The summed E-state index contributed by atoms with van der Waals surface area (Å²) in [5.74, 6) is 0. The van der Waals surface area contributed by atoms with Crippen LogP contribution in [0.4, 0.5) is 11.4 Å². The lowest BCUT2D eigenvalue weighted by atomic mass is 10.3. The standard InChI is InChI=1S/C8H9N2O2/c1-2-9-7-3-5-8(6-4-7)10(11)12/h2-6,9H,1H3. The molecule has 0 bridgehead atoms. The van der Waals surface area contributed by atoms with Gasteiger partial charge in [-0.05, 0) is 19.1 Å². The molecular formula is C8H9N2O2. The van der Waals surface area contributed by atoms with Gasteiger partial charge in [0.25, 0.3) is 5.69 Å². The van der Waals surface area contributed by atoms with Crippen molar-refractivity contribution in [2.45, 2.75) is 6.92 Å². The molecule has 1 N–H and O–H groups in total. The normalized spacial score (nSPS) is 9.42. The zero-order valence-electron chi connectivity index (χ0n) is 6.65. The van der Waals surface area contributed by atoms with Gasteiger partial charge in [0.05, 0.1) is 4.92 Å². The van der Waals surface area contributed by atoms with Crippen molar-refractivity contribution in [1.82, 2.24) is 0 Å². The molecule has 0 amide bonds. The predicted molar refractivity (Wildman–Crippen MR) is 46.7 cm³/mol. The zero-order chi connectivity index (χ0) is 8.97. The summed E-state index contributed by atoms with van der Waals surface area (Å²) in [6.07, 6.45) is 0. The number of rotatable bonds is 3. The molecule has 1 aromatic rings. The highest BCUT2D eigenvalue weighted by Gasteiger charge is 2.02. The zero-order valence-corrected chi connectivity index (χ0v) is 6.65. The van der Waals surface area contributed by atoms with Crippen LogP contribution in [0.3, 0.4) is 0 Å². The highest BCUT2D eigenvalue weighted by atomic mass is 16.6. The third kappa shape index (κ3) is 1.95. The van der Waals surface area contributed by atoms with Crippen LogP contribution in [0, 0.1) is 16.7 Å². The van der Waals surface area contributed by atoms with E-state index < -0.39 is 4.92 Å². The van der Waals surface area contributed by atoms with Gasteiger partial charge in [0.15, 0.2) is 0 Å². The van der Waals surface area contributed by atoms with Gasteiger partial charge < -0.3 is 5.32 Å². The topological polar surface area (TPSA) is 55.2 Å². The van der Waals surface area contributed by atoms with E-state index in [9.17, 15) is 10.1 Å². The number of non-ortho nitro benzene ring substituents is 1. The van der Waals surface area contributed by atoms with E-state index in [2.05, 4.69) is 5.32 Å². The quantitative estimate of drug-likeness (QED) is 0.551. The first-order chi connectivity index (χ1) is 5.74. The Morgan fingerprint density at radius 2 is 2.00 bits per heavy atom. The summed E-state index contributed by atoms with van der Waals surface area (Å²) >= 11 is 0. The molecule has 0 atom stereocenters. The minimum absolute atomic E-state index is 0.108. The number of nitro groups is 1. The minimum atomic E-state index is -0.417. The first kappa shape index (κ1) is 8.52. The molecule has 1 aromatic carbocycles. The van der Waals surface area contributed by atoms with Gasteiger partial charge in [-0.15, -0.1) is 0 Å². The minimum Gasteiger partial charge on any atom is -0.381 e. The van der Waals surface area contributed by atoms with E-state index in [0.717, 1.165) is 5.69 Å². The highest BCUT2D eigenvalue weighted by molar-refractivity contribution is 5.49. The monoisotopic (exact) mass is 165 g/mol. The lowest BCUT2D eigenvalue weighted by Gasteiger charge is -1.99. The lowest BCUT2D eigenvalue weighted by Crippen LogP contribution is -1.91. The molecule has 0 aliphatic rings. The van der Waals surface area contributed by atoms with Gasteiger partial charge in [-0.25, -0.2) is 0 Å². The van der Waals surface area contributed by atoms with Crippen LogP contribution in [0.1, 0.15) is 6.92 Å². The summed E-state index contributed by atoms with van der Waals surface area (Å²) in [6, 6.07) is 6.26. The van der Waals surface area contributed by atoms with Gasteiger partial charge in [0.2, 0.25) is 0 Å². The predicted octanol–water partition coefficient (Wildman–Crippen LogP) is 2.19. The molecule has 0 aliphatic heterocycles. The van der Waals surface area contributed by atoms with E-state index in [1.807, 2.05) is 6.92 Å². The van der Waals surface area contributed by atoms with Gasteiger partial charge in [-0.2, -0.15) is 0 Å². The first-order valence-electron chi connectivity index (χ1n) is 3.53. The second-order valence-corrected chi connectivity index (χ2v) is 2.24. The van der Waals surface area contributed by atoms with E-state index in [1.54, 1.807) is 18.7 Å². The summed E-state index contributed by atoms with van der Waals surface area (Å²) in [7, 11) is 0. The Balaban J connectivity index is 2.78. The smallest absolute Gasteiger partial charge is 0.269 e. The Morgan fingerprint density at radius 1 is 1.42 bits per heavy atom. The molecule has 12 heavy (non-hydrogen) atoms. The first-order valence-corrected chi connectivity index (χ1v) is 3.53. The van der Waals surface area contributed by atoms with Crippen LogP contribution in [0.2, 0.25) is 0 Å². The number of nitrogens with zero attached hydrogens (tertiary/aromatic N) is 1. The molecule has 0 spiro atoms. The van der Waals surface area contributed by atoms with E-state index in [4.69, 9.17) is 0 Å². The summed E-state index contributed by atoms with van der Waals surface area (Å²) in [6.45, 7) is 3.61. The molecule has 0 aliphatic carbocycles. The largest absolute Gasteiger partial charge is 0.381 e. The van der Waals surface area contributed by atoms with Crippen molar-refractivity contribution in [2.24, 2.45) is 0 Å². The average molecular weight is 165 g/mol. The summed E-state index contributed by atoms with van der Waals surface area (Å²) < 4.78 is 0. The fourth-order valence-corrected chi connectivity index (χ4v) is 0.846. The maximum Gasteiger partial charge on any atom is 0.269 e. The molecule has 4 nitrogen and oxygen atoms in total. The molecule has 0 saturated carbocycles. The number of benzene rings is 1. The van der Waals surface area contributed by atoms with E-state index in [1.165, 1.54) is 12.1 Å². The van der Waals surface area contributed by atoms with Gasteiger partial charge in [-0.3, -0.25) is 10.1 Å². The Kier molecular flexibility index (Phi) is 2.63. The van der Waals surface area contributed by atoms with Crippen molar-refractivity contribution in [1.29, 1.82) is 0 Å². The second kappa shape index (κ2) is 3.71. The van der Waals surface area contributed by atoms with Crippen molar-refractivity contribution in [3.63, 3.8) is 0 Å². The van der Waals surface area contributed by atoms with E-state index in [0.29, 0.717) is 0 Å². The van der Waals surface area contributed by atoms with Gasteiger partial charge in [0.1, 0.15) is 0 Å². The van der Waals surface area contributed by atoms with E-state index in [-0.39, 0.29) is 5.69 Å². The van der Waals surface area contributed by atoms with Crippen molar-refractivity contribution in [2.75, 3.05) is 5.32 Å². The summed E-state index contributed by atoms with van der Waals surface area (Å²) in [5, 5.41) is 13.2. The Morgan fingerprint density at radius 3 is 2.42 bits per heavy atom. The van der Waals surface area contributed by atoms with Crippen LogP contribution in [0.25, 0.3) is 0 Å². The van der Waals surface area contributed by atoms with Crippen molar-refractivity contribution >= 4 is 11.4 Å². The third-order valence-electron chi connectivity index (χ3n) is 1.39. The number of hydrogen-bond donors (Lipinski definition) is 1. The molecule has 63 valence electrons. The van der Waals surface area contributed by atoms with Crippen LogP contribution >= 0.6 is 0 Å². The molecule has 0 heterocycles. The maximum atomic E-state index is 10.2. The average Bonchev–Trinajstić information content (AvgIpc) is 2.06. The van der Waals surface area contributed by atoms with Crippen molar-refractivity contribution < 1.29 is 4.92 Å². The van der Waals surface area contributed by atoms with Gasteiger partial charge in [-0.1, -0.05) is 0 Å². The van der Waals surface area contributed by atoms with Crippen LogP contribution in [-0.2, 0) is 0 Å². The van der Waals surface area contributed by atoms with Crippen LogP contribution in [-0.4, -0.2) is 4.92 Å². The SMILES string of the molecule is C[CH]Nc1ccc([N+](=O)[O-])cc1. The van der Waals surface area contributed by atoms with Crippen LogP contribution < -0.4 is 5.32 Å². The molecule has 1 rings (SSSR count). The maximum absolute atomic E-state index is 10.2. The fourth-order valence-electron chi connectivity index (χ4n) is 0.846. The summed E-state index contributed by atoms with van der Waals surface area (Å²) in [4.78, 5) is 9.83.